The third-order valence-electron chi connectivity index (χ3n) is 3.66. The van der Waals surface area contributed by atoms with E-state index in [0.717, 1.165) is 0 Å². The number of ether oxygens (including phenoxy) is 1. The van der Waals surface area contributed by atoms with E-state index >= 15 is 0 Å². The SMILES string of the molecule is CCOC(=O)c1c(C(=O)Nc2nnc(S(N)(=O)=O)s2)nn(C)c1-c1ccccc1. The number of amides is 1. The van der Waals surface area contributed by atoms with Crippen molar-refractivity contribution in [2.24, 2.45) is 12.2 Å². The van der Waals surface area contributed by atoms with Gasteiger partial charge in [0.25, 0.3) is 15.9 Å². The first-order chi connectivity index (χ1) is 13.7. The van der Waals surface area contributed by atoms with E-state index in [-0.39, 0.29) is 23.0 Å². The number of esters is 1. The lowest BCUT2D eigenvalue weighted by Gasteiger charge is -2.07. The molecule has 0 saturated heterocycles. The molecular weight excluding hydrogens is 420 g/mol. The first-order valence-corrected chi connectivity index (χ1v) is 10.6. The van der Waals surface area contributed by atoms with Crippen molar-refractivity contribution in [3.63, 3.8) is 0 Å². The summed E-state index contributed by atoms with van der Waals surface area (Å²) < 4.78 is 28.7. The fourth-order valence-electron chi connectivity index (χ4n) is 2.54. The van der Waals surface area contributed by atoms with Gasteiger partial charge in [-0.25, -0.2) is 18.4 Å². The molecule has 3 aromatic rings. The van der Waals surface area contributed by atoms with Crippen LogP contribution < -0.4 is 10.5 Å². The molecule has 11 nitrogen and oxygen atoms in total. The molecule has 0 aliphatic carbocycles. The molecule has 0 aliphatic heterocycles. The molecule has 0 atom stereocenters. The largest absolute Gasteiger partial charge is 0.462 e. The van der Waals surface area contributed by atoms with Crippen LogP contribution in [-0.2, 0) is 21.8 Å². The van der Waals surface area contributed by atoms with Crippen molar-refractivity contribution in [2.75, 3.05) is 11.9 Å². The van der Waals surface area contributed by atoms with Crippen molar-refractivity contribution in [1.82, 2.24) is 20.0 Å². The number of aromatic nitrogens is 4. The highest BCUT2D eigenvalue weighted by Crippen LogP contribution is 2.28. The normalized spacial score (nSPS) is 11.3. The average molecular weight is 436 g/mol. The zero-order valence-corrected chi connectivity index (χ0v) is 17.0. The van der Waals surface area contributed by atoms with E-state index in [0.29, 0.717) is 22.6 Å². The van der Waals surface area contributed by atoms with Crippen LogP contribution in [0.2, 0.25) is 0 Å². The van der Waals surface area contributed by atoms with Crippen LogP contribution in [0.3, 0.4) is 0 Å². The van der Waals surface area contributed by atoms with Gasteiger partial charge in [0.15, 0.2) is 5.69 Å². The molecule has 0 bridgehead atoms. The number of nitrogens with one attached hydrogen (secondary N) is 1. The zero-order chi connectivity index (χ0) is 21.2. The number of rotatable bonds is 6. The van der Waals surface area contributed by atoms with Gasteiger partial charge in [-0.2, -0.15) is 5.10 Å². The van der Waals surface area contributed by atoms with E-state index in [1.165, 1.54) is 4.68 Å². The third-order valence-corrected chi connectivity index (χ3v) is 5.81. The Labute approximate surface area is 169 Å². The Morgan fingerprint density at radius 2 is 1.93 bits per heavy atom. The van der Waals surface area contributed by atoms with Crippen LogP contribution in [0, 0.1) is 0 Å². The summed E-state index contributed by atoms with van der Waals surface area (Å²) in [6.07, 6.45) is 0. The molecule has 29 heavy (non-hydrogen) atoms. The molecule has 2 heterocycles. The predicted octanol–water partition coefficient (Wildman–Crippen LogP) is 1.01. The van der Waals surface area contributed by atoms with Gasteiger partial charge in [0, 0.05) is 12.6 Å². The van der Waals surface area contributed by atoms with Gasteiger partial charge < -0.3 is 4.74 Å². The van der Waals surface area contributed by atoms with E-state index in [4.69, 9.17) is 9.88 Å². The maximum Gasteiger partial charge on any atom is 0.342 e. The topological polar surface area (TPSA) is 159 Å². The van der Waals surface area contributed by atoms with Gasteiger partial charge in [-0.1, -0.05) is 41.7 Å². The minimum atomic E-state index is -4.05. The molecule has 3 N–H and O–H groups in total. The van der Waals surface area contributed by atoms with Crippen molar-refractivity contribution in [3.8, 4) is 11.3 Å². The fourth-order valence-corrected chi connectivity index (χ4v) is 3.87. The minimum Gasteiger partial charge on any atom is -0.462 e. The van der Waals surface area contributed by atoms with Gasteiger partial charge in [-0.05, 0) is 6.92 Å². The van der Waals surface area contributed by atoms with Crippen molar-refractivity contribution < 1.29 is 22.7 Å². The smallest absolute Gasteiger partial charge is 0.342 e. The Hall–Kier alpha value is -3.16. The summed E-state index contributed by atoms with van der Waals surface area (Å²) >= 11 is 0.577. The highest BCUT2D eigenvalue weighted by molar-refractivity contribution is 7.91. The third kappa shape index (κ3) is 4.31. The van der Waals surface area contributed by atoms with Gasteiger partial charge in [-0.15, -0.1) is 10.2 Å². The molecule has 0 fully saturated rings. The summed E-state index contributed by atoms with van der Waals surface area (Å²) in [5, 5.41) is 18.4. The lowest BCUT2D eigenvalue weighted by molar-refractivity contribution is 0.0524. The number of sulfonamides is 1. The summed E-state index contributed by atoms with van der Waals surface area (Å²) in [5.41, 5.74) is 0.847. The zero-order valence-electron chi connectivity index (χ0n) is 15.3. The number of aryl methyl sites for hydroxylation is 1. The molecule has 3 rings (SSSR count). The molecule has 0 spiro atoms. The van der Waals surface area contributed by atoms with Crippen LogP contribution in [0.5, 0.6) is 0 Å². The lowest BCUT2D eigenvalue weighted by atomic mass is 10.1. The quantitative estimate of drug-likeness (QED) is 0.428. The van der Waals surface area contributed by atoms with Crippen LogP contribution in [0.25, 0.3) is 11.3 Å². The van der Waals surface area contributed by atoms with Gasteiger partial charge in [0.05, 0.1) is 12.3 Å². The molecule has 152 valence electrons. The minimum absolute atomic E-state index is 0.0192. The van der Waals surface area contributed by atoms with Crippen LogP contribution in [-0.4, -0.2) is 46.9 Å². The Bertz CT molecular complexity index is 1170. The second kappa shape index (κ2) is 8.06. The molecule has 2 aromatic heterocycles. The summed E-state index contributed by atoms with van der Waals surface area (Å²) in [7, 11) is -2.46. The molecule has 0 radical (unpaired) electrons. The van der Waals surface area contributed by atoms with Crippen molar-refractivity contribution in [3.05, 3.63) is 41.6 Å². The van der Waals surface area contributed by atoms with Crippen LogP contribution in [0.15, 0.2) is 34.7 Å². The lowest BCUT2D eigenvalue weighted by Crippen LogP contribution is -2.17. The van der Waals surface area contributed by atoms with Crippen LogP contribution in [0.1, 0.15) is 27.8 Å². The van der Waals surface area contributed by atoms with Gasteiger partial charge >= 0.3 is 5.97 Å². The number of nitrogens with two attached hydrogens (primary N) is 1. The first-order valence-electron chi connectivity index (χ1n) is 8.19. The Morgan fingerprint density at radius 3 is 2.52 bits per heavy atom. The Balaban J connectivity index is 2.03. The standard InChI is InChI=1S/C16H16N6O5S2/c1-3-27-14(24)10-11(21-22(2)12(10)9-7-5-4-6-8-9)13(23)18-15-19-20-16(28-15)29(17,25)26/h4-8H,3H2,1-2H3,(H2,17,25,26)(H,18,19,23). The first kappa shape index (κ1) is 20.6. The van der Waals surface area contributed by atoms with Crippen LogP contribution in [0.4, 0.5) is 5.13 Å². The highest BCUT2D eigenvalue weighted by Gasteiger charge is 2.29. The van der Waals surface area contributed by atoms with E-state index in [9.17, 15) is 18.0 Å². The Morgan fingerprint density at radius 1 is 1.24 bits per heavy atom. The van der Waals surface area contributed by atoms with E-state index in [1.807, 2.05) is 6.07 Å². The van der Waals surface area contributed by atoms with E-state index < -0.39 is 26.2 Å². The maximum atomic E-state index is 12.8. The number of carbonyl (C=O) groups excluding carboxylic acids is 2. The monoisotopic (exact) mass is 436 g/mol. The summed E-state index contributed by atoms with van der Waals surface area (Å²) in [4.78, 5) is 25.4. The van der Waals surface area contributed by atoms with Gasteiger partial charge in [-0.3, -0.25) is 14.8 Å². The molecule has 0 saturated carbocycles. The number of hydrogen-bond acceptors (Lipinski definition) is 9. The number of hydrogen-bond donors (Lipinski definition) is 2. The number of benzene rings is 1. The average Bonchev–Trinajstić information content (AvgIpc) is 3.27. The van der Waals surface area contributed by atoms with Crippen molar-refractivity contribution >= 4 is 38.4 Å². The van der Waals surface area contributed by atoms with Crippen LogP contribution >= 0.6 is 11.3 Å². The highest BCUT2D eigenvalue weighted by atomic mass is 32.2. The van der Waals surface area contributed by atoms with Gasteiger partial charge in [0.2, 0.25) is 9.47 Å². The molecule has 13 heteroatoms. The van der Waals surface area contributed by atoms with Gasteiger partial charge in [0.1, 0.15) is 5.56 Å². The maximum absolute atomic E-state index is 12.8. The second-order valence-corrected chi connectivity index (χ2v) is 8.37. The molecular formula is C16H16N6O5S2. The van der Waals surface area contributed by atoms with Crippen molar-refractivity contribution in [2.45, 2.75) is 11.3 Å². The second-order valence-electron chi connectivity index (χ2n) is 5.65. The number of primary sulfonamides is 1. The number of nitrogens with zero attached hydrogens (tertiary/aromatic N) is 4. The molecule has 0 aliphatic rings. The summed E-state index contributed by atoms with van der Waals surface area (Å²) in [6, 6.07) is 8.92. The number of carbonyl (C=O) groups is 2. The summed E-state index contributed by atoms with van der Waals surface area (Å²) in [5.74, 6) is -1.49. The molecule has 1 aromatic carbocycles. The van der Waals surface area contributed by atoms with E-state index in [2.05, 4.69) is 20.6 Å². The molecule has 1 amide bonds. The predicted molar refractivity (Wildman–Crippen MR) is 104 cm³/mol. The Kier molecular flexibility index (Phi) is 5.72. The molecule has 0 unspecified atom stereocenters. The number of anilines is 1. The summed E-state index contributed by atoms with van der Waals surface area (Å²) in [6.45, 7) is 1.75. The fraction of sp³-hybridized carbons (Fsp3) is 0.188. The van der Waals surface area contributed by atoms with E-state index in [1.54, 1.807) is 38.2 Å². The van der Waals surface area contributed by atoms with Crippen molar-refractivity contribution in [1.29, 1.82) is 0 Å².